The molecule has 0 aliphatic rings. The molecule has 0 bridgehead atoms. The number of hydrogen-bond acceptors (Lipinski definition) is 12. The maximum Gasteiger partial charge on any atom is 2.00 e. The van der Waals surface area contributed by atoms with Gasteiger partial charge < -0.3 is 90.1 Å². The Morgan fingerprint density at radius 2 is 0.450 bits per heavy atom. The summed E-state index contributed by atoms with van der Waals surface area (Å²) < 4.78 is 0. The summed E-state index contributed by atoms with van der Waals surface area (Å²) in [7, 11) is 0. The van der Waals surface area contributed by atoms with Gasteiger partial charge in [0.1, 0.15) is 0 Å². The first-order valence-corrected chi connectivity index (χ1v) is 4.08. The molecule has 0 saturated heterocycles. The molecule has 8 nitrogen and oxygen atoms in total. The van der Waals surface area contributed by atoms with Crippen LogP contribution < -0.4 is 20.4 Å². The second kappa shape index (κ2) is 42.7. The van der Waals surface area contributed by atoms with E-state index in [1.165, 1.54) is 0 Å². The van der Waals surface area contributed by atoms with Crippen molar-refractivity contribution >= 4 is 71.7 Å². The maximum atomic E-state index is 8.70. The van der Waals surface area contributed by atoms with Crippen molar-refractivity contribution in [1.29, 1.82) is 0 Å². The van der Waals surface area contributed by atoms with Crippen molar-refractivity contribution < 1.29 is 118 Å². The summed E-state index contributed by atoms with van der Waals surface area (Å²) in [6, 6.07) is 0. The van der Waals surface area contributed by atoms with Gasteiger partial charge in [-0.25, -0.2) is 0 Å². The minimum atomic E-state index is -1.50. The molecule has 0 aromatic rings. The zero-order valence-corrected chi connectivity index (χ0v) is 24.9. The topological polar surface area (TPSA) is 161 Å². The molecule has 0 amide bonds. The van der Waals surface area contributed by atoms with Crippen LogP contribution in [0.2, 0.25) is 0 Å². The van der Waals surface area contributed by atoms with Gasteiger partial charge in [0.05, 0.1) is 0 Å². The first kappa shape index (κ1) is 49.6. The SMILES string of the molecule is O=C([O-])[S-].O=C([O-])[S-].O=C([O-])[S-].O=C([O-])[S-].[Zn+2].[Zn+2].[Zn+2].[Zn+2]. The Hall–Kier alpha value is 1.25. The number of hydrogen-bond donors (Lipinski definition) is 0. The maximum absolute atomic E-state index is 8.70. The number of rotatable bonds is 0. The molecule has 0 aliphatic carbocycles. The number of carbonyl (C=O) groups is 4. The van der Waals surface area contributed by atoms with Crippen LogP contribution in [0.3, 0.4) is 0 Å². The van der Waals surface area contributed by atoms with Crippen LogP contribution in [0.5, 0.6) is 0 Å². The Morgan fingerprint density at radius 3 is 0.450 bits per heavy atom. The van der Waals surface area contributed by atoms with Gasteiger partial charge in [0.2, 0.25) is 0 Å². The summed E-state index contributed by atoms with van der Waals surface area (Å²) >= 11 is 13.7. The van der Waals surface area contributed by atoms with Crippen LogP contribution >= 0.6 is 0 Å². The van der Waals surface area contributed by atoms with Crippen LogP contribution in [0.25, 0.3) is 0 Å². The largest absolute Gasteiger partial charge is 2.00 e. The van der Waals surface area contributed by atoms with E-state index in [0.717, 1.165) is 0 Å². The summed E-state index contributed by atoms with van der Waals surface area (Å²) in [5.74, 6) is 0. The fourth-order valence-corrected chi connectivity index (χ4v) is 0. The van der Waals surface area contributed by atoms with Crippen molar-refractivity contribution in [2.24, 2.45) is 0 Å². The molecule has 0 fully saturated rings. The average molecular weight is 566 g/mol. The van der Waals surface area contributed by atoms with E-state index in [9.17, 15) is 0 Å². The quantitative estimate of drug-likeness (QED) is 0.205. The van der Waals surface area contributed by atoms with Crippen LogP contribution in [0.4, 0.5) is 19.2 Å². The molecule has 20 heavy (non-hydrogen) atoms. The Bertz CT molecular complexity index is 179. The van der Waals surface area contributed by atoms with Gasteiger partial charge in [-0.15, -0.1) is 0 Å². The van der Waals surface area contributed by atoms with Crippen LogP contribution in [0.1, 0.15) is 0 Å². The van der Waals surface area contributed by atoms with Gasteiger partial charge in [-0.1, -0.05) is 21.2 Å². The molecule has 0 saturated carbocycles. The minimum Gasteiger partial charge on any atom is -0.764 e. The molecule has 0 aromatic carbocycles. The van der Waals surface area contributed by atoms with E-state index in [2.05, 4.69) is 50.5 Å². The van der Waals surface area contributed by atoms with Crippen molar-refractivity contribution in [3.8, 4) is 0 Å². The average Bonchev–Trinajstić information content (AvgIpc) is 1.76. The first-order chi connectivity index (χ1) is 6.93. The number of carboxylic acid groups (broad SMARTS) is 4. The molecular formula is C4O8S4Zn4. The molecule has 0 radical (unpaired) electrons. The molecule has 0 aromatic heterocycles. The number of carbonyl (C=O) groups excluding carboxylic acids is 4. The van der Waals surface area contributed by atoms with Crippen LogP contribution in [-0.2, 0) is 128 Å². The standard InChI is InChI=1S/4CH2O2S.4Zn/c4*2-1(3)4;;;;/h4*4H,(H,2,3);;;;/q;;;;4*+2/p-8. The normalized spacial score (nSPS) is 4.80. The third kappa shape index (κ3) is 4080. The second-order valence-electron chi connectivity index (χ2n) is 1.00. The Balaban J connectivity index is -0.0000000150. The molecule has 0 atom stereocenters. The van der Waals surface area contributed by atoms with Crippen molar-refractivity contribution in [1.82, 2.24) is 0 Å². The molecule has 96 valence electrons. The van der Waals surface area contributed by atoms with Gasteiger partial charge in [0.25, 0.3) is 0 Å². The van der Waals surface area contributed by atoms with Crippen molar-refractivity contribution in [3.05, 3.63) is 0 Å². The minimum absolute atomic E-state index is 0. The van der Waals surface area contributed by atoms with Gasteiger partial charge in [-0.2, -0.15) is 0 Å². The van der Waals surface area contributed by atoms with Crippen LogP contribution in [0.15, 0.2) is 0 Å². The monoisotopic (exact) mass is 560 g/mol. The van der Waals surface area contributed by atoms with Gasteiger partial charge >= 0.3 is 77.9 Å². The molecule has 0 spiro atoms. The van der Waals surface area contributed by atoms with Crippen LogP contribution in [0, 0.1) is 0 Å². The van der Waals surface area contributed by atoms with Gasteiger partial charge in [0, 0.05) is 0 Å². The summed E-state index contributed by atoms with van der Waals surface area (Å²) in [5, 5.41) is 28.8. The molecular weight excluding hydrogens is 566 g/mol. The van der Waals surface area contributed by atoms with E-state index in [1.54, 1.807) is 0 Å². The summed E-state index contributed by atoms with van der Waals surface area (Å²) in [6.45, 7) is 0. The van der Waals surface area contributed by atoms with Gasteiger partial charge in [-0.3, -0.25) is 0 Å². The smallest absolute Gasteiger partial charge is 0.764 e. The fraction of sp³-hybridized carbons (Fsp3) is 0. The Kier molecular flexibility index (Phi) is 106. The van der Waals surface area contributed by atoms with E-state index in [1.807, 2.05) is 0 Å². The third-order valence-electron chi connectivity index (χ3n) is 0. The predicted molar refractivity (Wildman–Crippen MR) is 51.0 cm³/mol. The predicted octanol–water partition coefficient (Wildman–Crippen LogP) is -4.50. The fourth-order valence-electron chi connectivity index (χ4n) is 0. The van der Waals surface area contributed by atoms with E-state index < -0.39 is 21.2 Å². The Labute approximate surface area is 187 Å². The van der Waals surface area contributed by atoms with E-state index in [4.69, 9.17) is 39.6 Å². The molecule has 16 heteroatoms. The Morgan fingerprint density at radius 1 is 0.450 bits per heavy atom. The summed E-state index contributed by atoms with van der Waals surface area (Å²) in [6.07, 6.45) is 0. The molecule has 0 aliphatic heterocycles. The van der Waals surface area contributed by atoms with Gasteiger partial charge in [-0.05, 0) is 0 Å². The molecule has 0 unspecified atom stereocenters. The zero-order chi connectivity index (χ0) is 14.3. The molecule has 0 heterocycles. The third-order valence-corrected chi connectivity index (χ3v) is 0. The second-order valence-corrected chi connectivity index (χ2v) is 2.33. The van der Waals surface area contributed by atoms with E-state index in [0.29, 0.717) is 0 Å². The van der Waals surface area contributed by atoms with Crippen LogP contribution in [-0.4, -0.2) is 21.2 Å². The van der Waals surface area contributed by atoms with Crippen molar-refractivity contribution in [2.75, 3.05) is 0 Å². The van der Waals surface area contributed by atoms with Gasteiger partial charge in [0.15, 0.2) is 0 Å². The molecule has 0 N–H and O–H groups in total. The summed E-state index contributed by atoms with van der Waals surface area (Å²) in [5.41, 5.74) is 0. The van der Waals surface area contributed by atoms with Crippen molar-refractivity contribution in [2.45, 2.75) is 0 Å². The van der Waals surface area contributed by atoms with E-state index >= 15 is 0 Å². The first-order valence-electron chi connectivity index (χ1n) is 2.45. The summed E-state index contributed by atoms with van der Waals surface area (Å²) in [4.78, 5) is 34.8. The zero-order valence-electron chi connectivity index (χ0n) is 9.73. The van der Waals surface area contributed by atoms with E-state index in [-0.39, 0.29) is 77.9 Å². The van der Waals surface area contributed by atoms with Crippen molar-refractivity contribution in [3.63, 3.8) is 0 Å². The molecule has 0 rings (SSSR count).